The van der Waals surface area contributed by atoms with Gasteiger partial charge >= 0.3 is 0 Å². The molecule has 0 spiro atoms. The Balaban J connectivity index is 0.00000400. The predicted molar refractivity (Wildman–Crippen MR) is 91.8 cm³/mol. The molecule has 8 heteroatoms. The van der Waals surface area contributed by atoms with E-state index in [1.54, 1.807) is 18.2 Å². The molecule has 0 radical (unpaired) electrons. The van der Waals surface area contributed by atoms with Crippen molar-refractivity contribution in [1.29, 1.82) is 0 Å². The van der Waals surface area contributed by atoms with Crippen molar-refractivity contribution in [3.63, 3.8) is 0 Å². The highest BCUT2D eigenvalue weighted by Crippen LogP contribution is 2.23. The van der Waals surface area contributed by atoms with Crippen LogP contribution in [0.15, 0.2) is 18.2 Å². The predicted octanol–water partition coefficient (Wildman–Crippen LogP) is 3.21. The number of sulfonamides is 1. The maximum Gasteiger partial charge on any atom is 0.216 e. The van der Waals surface area contributed by atoms with Gasteiger partial charge in [0.05, 0.1) is 15.8 Å². The molecule has 1 atom stereocenters. The molecule has 0 bridgehead atoms. The summed E-state index contributed by atoms with van der Waals surface area (Å²) in [6.45, 7) is 4.32. The molecular formula is C13H21Cl3N2O2S. The van der Waals surface area contributed by atoms with Crippen LogP contribution in [0, 0.1) is 5.92 Å². The molecule has 0 fully saturated rings. The zero-order chi connectivity index (χ0) is 15.3. The molecule has 1 rings (SSSR count). The highest BCUT2D eigenvalue weighted by Gasteiger charge is 2.18. The van der Waals surface area contributed by atoms with Gasteiger partial charge in [0.15, 0.2) is 0 Å². The van der Waals surface area contributed by atoms with Crippen molar-refractivity contribution in [2.75, 3.05) is 6.54 Å². The lowest BCUT2D eigenvalue weighted by Gasteiger charge is -2.18. The maximum atomic E-state index is 12.1. The summed E-state index contributed by atoms with van der Waals surface area (Å²) in [5.41, 5.74) is 6.19. The van der Waals surface area contributed by atoms with Crippen molar-refractivity contribution in [3.05, 3.63) is 33.8 Å². The molecule has 0 amide bonds. The van der Waals surface area contributed by atoms with E-state index in [0.29, 0.717) is 27.9 Å². The van der Waals surface area contributed by atoms with Crippen LogP contribution in [-0.2, 0) is 15.8 Å². The number of nitrogens with one attached hydrogen (secondary N) is 1. The minimum absolute atomic E-state index is 0. The molecule has 0 aliphatic heterocycles. The quantitative estimate of drug-likeness (QED) is 0.768. The first-order chi connectivity index (χ1) is 9.23. The van der Waals surface area contributed by atoms with Crippen molar-refractivity contribution in [3.8, 4) is 0 Å². The Labute approximate surface area is 142 Å². The number of nitrogens with two attached hydrogens (primary N) is 1. The van der Waals surface area contributed by atoms with Crippen molar-refractivity contribution in [2.45, 2.75) is 32.1 Å². The van der Waals surface area contributed by atoms with Crippen LogP contribution in [-0.4, -0.2) is 21.0 Å². The van der Waals surface area contributed by atoms with Crippen LogP contribution in [0.25, 0.3) is 0 Å². The molecule has 4 nitrogen and oxygen atoms in total. The first-order valence-corrected chi connectivity index (χ1v) is 8.78. The summed E-state index contributed by atoms with van der Waals surface area (Å²) in [5.74, 6) is 0.231. The van der Waals surface area contributed by atoms with E-state index in [4.69, 9.17) is 28.9 Å². The first-order valence-electron chi connectivity index (χ1n) is 6.37. The lowest BCUT2D eigenvalue weighted by Crippen LogP contribution is -2.41. The van der Waals surface area contributed by atoms with E-state index in [2.05, 4.69) is 4.72 Å². The number of rotatable bonds is 7. The third-order valence-electron chi connectivity index (χ3n) is 2.73. The average molecular weight is 376 g/mol. The van der Waals surface area contributed by atoms with Gasteiger partial charge in [-0.2, -0.15) is 0 Å². The van der Waals surface area contributed by atoms with E-state index in [-0.39, 0.29) is 30.7 Å². The highest BCUT2D eigenvalue weighted by atomic mass is 35.5. The summed E-state index contributed by atoms with van der Waals surface area (Å²) in [6.07, 6.45) is 0.705. The lowest BCUT2D eigenvalue weighted by molar-refractivity contribution is 0.465. The summed E-state index contributed by atoms with van der Waals surface area (Å²) in [6, 6.07) is 4.54. The normalized spacial score (nSPS) is 13.0. The largest absolute Gasteiger partial charge is 0.329 e. The van der Waals surface area contributed by atoms with Gasteiger partial charge in [-0.25, -0.2) is 13.1 Å². The number of halogens is 3. The molecule has 21 heavy (non-hydrogen) atoms. The van der Waals surface area contributed by atoms with E-state index in [1.165, 1.54) is 0 Å². The van der Waals surface area contributed by atoms with E-state index in [1.807, 2.05) is 13.8 Å². The average Bonchev–Trinajstić information content (AvgIpc) is 2.31. The second-order valence-corrected chi connectivity index (χ2v) is 7.76. The fraction of sp³-hybridized carbons (Fsp3) is 0.538. The van der Waals surface area contributed by atoms with Gasteiger partial charge in [-0.15, -0.1) is 12.4 Å². The van der Waals surface area contributed by atoms with Gasteiger partial charge in [0.1, 0.15) is 0 Å². The van der Waals surface area contributed by atoms with Crippen LogP contribution in [0.1, 0.15) is 25.8 Å². The SMILES string of the molecule is CC(C)CC(CN)NS(=O)(=O)Cc1ccc(Cl)c(Cl)c1.Cl. The molecule has 0 aromatic heterocycles. The summed E-state index contributed by atoms with van der Waals surface area (Å²) in [4.78, 5) is 0. The molecule has 3 N–H and O–H groups in total. The molecular weight excluding hydrogens is 355 g/mol. The van der Waals surface area contributed by atoms with Crippen molar-refractivity contribution < 1.29 is 8.42 Å². The molecule has 1 aromatic rings. The van der Waals surface area contributed by atoms with Crippen LogP contribution in [0.4, 0.5) is 0 Å². The maximum absolute atomic E-state index is 12.1. The standard InChI is InChI=1S/C13H20Cl2N2O2S.ClH/c1-9(2)5-11(7-16)17-20(18,19)8-10-3-4-12(14)13(15)6-10;/h3-4,6,9,11,17H,5,7-8,16H2,1-2H3;1H. The topological polar surface area (TPSA) is 72.2 Å². The molecule has 122 valence electrons. The smallest absolute Gasteiger partial charge is 0.216 e. The van der Waals surface area contributed by atoms with Crippen LogP contribution in [0.5, 0.6) is 0 Å². The van der Waals surface area contributed by atoms with Gasteiger partial charge < -0.3 is 5.73 Å². The monoisotopic (exact) mass is 374 g/mol. The molecule has 0 heterocycles. The van der Waals surface area contributed by atoms with Crippen LogP contribution < -0.4 is 10.5 Å². The van der Waals surface area contributed by atoms with Crippen molar-refractivity contribution in [2.24, 2.45) is 11.7 Å². The van der Waals surface area contributed by atoms with Gasteiger partial charge in [0, 0.05) is 12.6 Å². The fourth-order valence-electron chi connectivity index (χ4n) is 1.91. The minimum Gasteiger partial charge on any atom is -0.329 e. The second-order valence-electron chi connectivity index (χ2n) is 5.19. The zero-order valence-electron chi connectivity index (χ0n) is 12.0. The van der Waals surface area contributed by atoms with Crippen molar-refractivity contribution in [1.82, 2.24) is 4.72 Å². The van der Waals surface area contributed by atoms with Crippen LogP contribution in [0.3, 0.4) is 0 Å². The second kappa shape index (κ2) is 9.18. The molecule has 0 aliphatic rings. The Morgan fingerprint density at radius 3 is 2.33 bits per heavy atom. The molecule has 1 aromatic carbocycles. The van der Waals surface area contributed by atoms with Crippen LogP contribution in [0.2, 0.25) is 10.0 Å². The van der Waals surface area contributed by atoms with E-state index in [0.717, 1.165) is 0 Å². The summed E-state index contributed by atoms with van der Waals surface area (Å²) in [7, 11) is -3.45. The Morgan fingerprint density at radius 2 is 1.86 bits per heavy atom. The van der Waals surface area contributed by atoms with E-state index < -0.39 is 10.0 Å². The summed E-state index contributed by atoms with van der Waals surface area (Å²) < 4.78 is 26.8. The number of hydrogen-bond donors (Lipinski definition) is 2. The highest BCUT2D eigenvalue weighted by molar-refractivity contribution is 7.88. The Morgan fingerprint density at radius 1 is 1.24 bits per heavy atom. The van der Waals surface area contributed by atoms with Gasteiger partial charge in [-0.3, -0.25) is 0 Å². The molecule has 0 saturated carbocycles. The van der Waals surface area contributed by atoms with Gasteiger partial charge in [-0.1, -0.05) is 43.1 Å². The van der Waals surface area contributed by atoms with Gasteiger partial charge in [-0.05, 0) is 30.0 Å². The van der Waals surface area contributed by atoms with Crippen molar-refractivity contribution >= 4 is 45.6 Å². The third-order valence-corrected chi connectivity index (χ3v) is 4.87. The Hall–Kier alpha value is -0.0400. The molecule has 1 unspecified atom stereocenters. The minimum atomic E-state index is -3.45. The third kappa shape index (κ3) is 7.68. The number of benzene rings is 1. The summed E-state index contributed by atoms with van der Waals surface area (Å²) in [5, 5.41) is 0.748. The van der Waals surface area contributed by atoms with E-state index >= 15 is 0 Å². The van der Waals surface area contributed by atoms with Gasteiger partial charge in [0.2, 0.25) is 10.0 Å². The van der Waals surface area contributed by atoms with E-state index in [9.17, 15) is 8.42 Å². The lowest BCUT2D eigenvalue weighted by atomic mass is 10.1. The first kappa shape index (κ1) is 21.0. The summed E-state index contributed by atoms with van der Waals surface area (Å²) >= 11 is 11.7. The molecule has 0 aliphatic carbocycles. The zero-order valence-corrected chi connectivity index (χ0v) is 15.1. The van der Waals surface area contributed by atoms with Gasteiger partial charge in [0.25, 0.3) is 0 Å². The van der Waals surface area contributed by atoms with Crippen LogP contribution >= 0.6 is 35.6 Å². The molecule has 0 saturated heterocycles. The fourth-order valence-corrected chi connectivity index (χ4v) is 3.63. The Kier molecular flexibility index (Phi) is 9.16. The Bertz CT molecular complexity index is 550. The number of hydrogen-bond acceptors (Lipinski definition) is 3.